The predicted octanol–water partition coefficient (Wildman–Crippen LogP) is 4.76. The van der Waals surface area contributed by atoms with Crippen LogP contribution in [0.1, 0.15) is 56.0 Å². The number of H-pyrrole nitrogens is 1. The van der Waals surface area contributed by atoms with Crippen molar-refractivity contribution in [1.82, 2.24) is 20.2 Å². The van der Waals surface area contributed by atoms with Crippen LogP contribution in [-0.2, 0) is 16.0 Å². The molecule has 6 nitrogen and oxygen atoms in total. The lowest BCUT2D eigenvalue weighted by atomic mass is 9.85. The van der Waals surface area contributed by atoms with E-state index in [9.17, 15) is 14.0 Å². The van der Waals surface area contributed by atoms with Crippen LogP contribution in [0.3, 0.4) is 0 Å². The van der Waals surface area contributed by atoms with Crippen LogP contribution in [0.25, 0.3) is 11.0 Å². The Kier molecular flexibility index (Phi) is 6.34. The van der Waals surface area contributed by atoms with Crippen LogP contribution >= 0.6 is 11.8 Å². The Bertz CT molecular complexity index is 1210. The molecular formula is C26H29FN4O2S. The van der Waals surface area contributed by atoms with Gasteiger partial charge in [-0.2, -0.15) is 0 Å². The summed E-state index contributed by atoms with van der Waals surface area (Å²) < 4.78 is 13.6. The molecule has 178 valence electrons. The predicted molar refractivity (Wildman–Crippen MR) is 131 cm³/mol. The van der Waals surface area contributed by atoms with Crippen molar-refractivity contribution in [3.05, 3.63) is 59.7 Å². The van der Waals surface area contributed by atoms with Crippen molar-refractivity contribution in [3.8, 4) is 0 Å². The van der Waals surface area contributed by atoms with Gasteiger partial charge in [0.25, 0.3) is 0 Å². The van der Waals surface area contributed by atoms with Gasteiger partial charge in [-0.3, -0.25) is 9.59 Å². The van der Waals surface area contributed by atoms with Gasteiger partial charge in [0.1, 0.15) is 11.6 Å². The second-order valence-electron chi connectivity index (χ2n) is 9.38. The Hall–Kier alpha value is -2.87. The molecule has 0 unspecified atom stereocenters. The number of thioether (sulfide) groups is 1. The SMILES string of the molecule is CSc1ccc(C[C@@]2(CCC(=O)N3CCC[C@@H]3c3nc4ccc(F)cc4[nH]3)CCC(=O)N2)cc1. The molecule has 0 spiro atoms. The first-order valence-corrected chi connectivity index (χ1v) is 13.1. The lowest BCUT2D eigenvalue weighted by Crippen LogP contribution is -2.45. The quantitative estimate of drug-likeness (QED) is 0.478. The van der Waals surface area contributed by atoms with Crippen LogP contribution in [0.15, 0.2) is 47.4 Å². The van der Waals surface area contributed by atoms with Crippen LogP contribution < -0.4 is 5.32 Å². The minimum absolute atomic E-state index is 0.0572. The molecular weight excluding hydrogens is 451 g/mol. The molecule has 3 aromatic rings. The number of nitrogens with zero attached hydrogens (tertiary/aromatic N) is 2. The van der Waals surface area contributed by atoms with E-state index in [2.05, 4.69) is 45.8 Å². The average Bonchev–Trinajstić information content (AvgIpc) is 3.56. The molecule has 5 rings (SSSR count). The first-order chi connectivity index (χ1) is 16.4. The Balaban J connectivity index is 1.29. The van der Waals surface area contributed by atoms with E-state index in [-0.39, 0.29) is 29.2 Å². The third kappa shape index (κ3) is 4.69. The summed E-state index contributed by atoms with van der Waals surface area (Å²) in [5.41, 5.74) is 2.13. The zero-order valence-electron chi connectivity index (χ0n) is 19.3. The first kappa shape index (κ1) is 22.9. The molecule has 0 bridgehead atoms. The van der Waals surface area contributed by atoms with Gasteiger partial charge in [0.15, 0.2) is 0 Å². The molecule has 0 aliphatic carbocycles. The largest absolute Gasteiger partial charge is 0.350 e. The van der Waals surface area contributed by atoms with Crippen molar-refractivity contribution < 1.29 is 14.0 Å². The van der Waals surface area contributed by atoms with Crippen molar-refractivity contribution in [2.75, 3.05) is 12.8 Å². The molecule has 8 heteroatoms. The van der Waals surface area contributed by atoms with E-state index in [0.29, 0.717) is 42.7 Å². The molecule has 2 N–H and O–H groups in total. The van der Waals surface area contributed by atoms with Gasteiger partial charge in [-0.15, -0.1) is 11.8 Å². The molecule has 2 aromatic carbocycles. The van der Waals surface area contributed by atoms with Crippen LogP contribution in [0.4, 0.5) is 4.39 Å². The number of benzene rings is 2. The summed E-state index contributed by atoms with van der Waals surface area (Å²) in [5.74, 6) is 0.535. The molecule has 3 heterocycles. The Morgan fingerprint density at radius 1 is 1.26 bits per heavy atom. The lowest BCUT2D eigenvalue weighted by molar-refractivity contribution is -0.133. The van der Waals surface area contributed by atoms with Gasteiger partial charge in [0.2, 0.25) is 11.8 Å². The summed E-state index contributed by atoms with van der Waals surface area (Å²) in [7, 11) is 0. The summed E-state index contributed by atoms with van der Waals surface area (Å²) in [6, 6.07) is 12.8. The zero-order valence-corrected chi connectivity index (χ0v) is 20.1. The maximum absolute atomic E-state index is 13.6. The van der Waals surface area contributed by atoms with Crippen molar-refractivity contribution in [2.24, 2.45) is 0 Å². The van der Waals surface area contributed by atoms with Crippen LogP contribution in [-0.4, -0.2) is 45.0 Å². The number of likely N-dealkylation sites (tertiary alicyclic amines) is 1. The minimum Gasteiger partial charge on any atom is -0.350 e. The second-order valence-corrected chi connectivity index (χ2v) is 10.3. The molecule has 2 fully saturated rings. The maximum atomic E-state index is 13.6. The number of imidazole rings is 1. The van der Waals surface area contributed by atoms with Crippen LogP contribution in [0.5, 0.6) is 0 Å². The highest BCUT2D eigenvalue weighted by atomic mass is 32.2. The minimum atomic E-state index is -0.389. The van der Waals surface area contributed by atoms with Crippen molar-refractivity contribution in [1.29, 1.82) is 0 Å². The third-order valence-electron chi connectivity index (χ3n) is 7.11. The van der Waals surface area contributed by atoms with Gasteiger partial charge < -0.3 is 15.2 Å². The normalized spacial score (nSPS) is 22.5. The summed E-state index contributed by atoms with van der Waals surface area (Å²) in [6.45, 7) is 0.685. The molecule has 2 atom stereocenters. The highest BCUT2D eigenvalue weighted by molar-refractivity contribution is 7.98. The van der Waals surface area contributed by atoms with Gasteiger partial charge in [0, 0.05) is 29.8 Å². The molecule has 2 aliphatic heterocycles. The number of nitrogens with one attached hydrogen (secondary N) is 2. The number of hydrogen-bond donors (Lipinski definition) is 2. The van der Waals surface area contributed by atoms with Crippen molar-refractivity contribution in [2.45, 2.75) is 61.4 Å². The van der Waals surface area contributed by atoms with Gasteiger partial charge in [0.05, 0.1) is 17.1 Å². The third-order valence-corrected chi connectivity index (χ3v) is 7.85. The number of amides is 2. The molecule has 1 aromatic heterocycles. The lowest BCUT2D eigenvalue weighted by Gasteiger charge is -2.31. The van der Waals surface area contributed by atoms with Crippen LogP contribution in [0, 0.1) is 5.82 Å². The van der Waals surface area contributed by atoms with Gasteiger partial charge in [-0.1, -0.05) is 12.1 Å². The van der Waals surface area contributed by atoms with Crippen LogP contribution in [0.2, 0.25) is 0 Å². The number of fused-ring (bicyclic) bond motifs is 1. The molecule has 34 heavy (non-hydrogen) atoms. The highest BCUT2D eigenvalue weighted by Crippen LogP contribution is 2.35. The Morgan fingerprint density at radius 2 is 2.09 bits per heavy atom. The van der Waals surface area contributed by atoms with Crippen molar-refractivity contribution in [3.63, 3.8) is 0 Å². The van der Waals surface area contributed by atoms with E-state index in [4.69, 9.17) is 0 Å². The molecule has 2 amide bonds. The van der Waals surface area contributed by atoms with E-state index in [0.717, 1.165) is 25.7 Å². The standard InChI is InChI=1S/C26H29FN4O2S/c1-34-19-7-4-17(5-8-19)16-26(12-10-23(32)30-26)13-11-24(33)31-14-2-3-22(31)25-28-20-9-6-18(27)15-21(20)29-25/h4-9,15,22H,2-3,10-14,16H2,1H3,(H,28,29)(H,30,32)/t22-,26+/m1/s1. The fraction of sp³-hybridized carbons (Fsp3) is 0.423. The Morgan fingerprint density at radius 3 is 2.82 bits per heavy atom. The summed E-state index contributed by atoms with van der Waals surface area (Å²) in [4.78, 5) is 36.4. The number of carbonyl (C=O) groups excluding carboxylic acids is 2. The summed E-state index contributed by atoms with van der Waals surface area (Å²) >= 11 is 1.70. The molecule has 0 saturated carbocycles. The van der Waals surface area contributed by atoms with Gasteiger partial charge >= 0.3 is 0 Å². The van der Waals surface area contributed by atoms with E-state index in [1.54, 1.807) is 17.8 Å². The monoisotopic (exact) mass is 480 g/mol. The fourth-order valence-corrected chi connectivity index (χ4v) is 5.72. The zero-order chi connectivity index (χ0) is 23.7. The smallest absolute Gasteiger partial charge is 0.223 e. The summed E-state index contributed by atoms with van der Waals surface area (Å²) in [5, 5.41) is 3.19. The number of aromatic nitrogens is 2. The Labute approximate surface area is 202 Å². The molecule has 0 radical (unpaired) electrons. The van der Waals surface area contributed by atoms with Crippen molar-refractivity contribution >= 4 is 34.6 Å². The number of hydrogen-bond acceptors (Lipinski definition) is 4. The van der Waals surface area contributed by atoms with E-state index in [1.807, 2.05) is 4.90 Å². The number of carbonyl (C=O) groups is 2. The van der Waals surface area contributed by atoms with Gasteiger partial charge in [-0.05, 0) is 74.3 Å². The average molecular weight is 481 g/mol. The summed E-state index contributed by atoms with van der Waals surface area (Å²) in [6.07, 6.45) is 6.73. The fourth-order valence-electron chi connectivity index (χ4n) is 5.31. The second kappa shape index (κ2) is 9.41. The number of rotatable bonds is 7. The molecule has 2 saturated heterocycles. The highest BCUT2D eigenvalue weighted by Gasteiger charge is 2.39. The molecule has 2 aliphatic rings. The van der Waals surface area contributed by atoms with Gasteiger partial charge in [-0.25, -0.2) is 9.37 Å². The van der Waals surface area contributed by atoms with E-state index >= 15 is 0 Å². The van der Waals surface area contributed by atoms with E-state index < -0.39 is 0 Å². The van der Waals surface area contributed by atoms with E-state index in [1.165, 1.54) is 22.6 Å². The topological polar surface area (TPSA) is 78.1 Å². The first-order valence-electron chi connectivity index (χ1n) is 11.8. The maximum Gasteiger partial charge on any atom is 0.223 e. The number of aromatic amines is 1. The number of halogens is 1.